The summed E-state index contributed by atoms with van der Waals surface area (Å²) in [6.07, 6.45) is 1.51. The Morgan fingerprint density at radius 3 is 2.70 bits per heavy atom. The Hall–Kier alpha value is -0.950. The van der Waals surface area contributed by atoms with Crippen LogP contribution in [0.5, 0.6) is 0 Å². The summed E-state index contributed by atoms with van der Waals surface area (Å²) in [7, 11) is -1.79. The van der Waals surface area contributed by atoms with Crippen LogP contribution in [0.1, 0.15) is 18.4 Å². The van der Waals surface area contributed by atoms with E-state index < -0.39 is 10.2 Å². The van der Waals surface area contributed by atoms with Crippen LogP contribution in [0, 0.1) is 5.92 Å². The number of aliphatic hydroxyl groups is 1. The van der Waals surface area contributed by atoms with Gasteiger partial charge in [-0.25, -0.2) is 0 Å². The molecule has 1 aromatic carbocycles. The van der Waals surface area contributed by atoms with E-state index in [0.29, 0.717) is 26.1 Å². The molecule has 0 saturated carbocycles. The second-order valence-electron chi connectivity index (χ2n) is 5.27. The topological polar surface area (TPSA) is 60.9 Å². The molecule has 0 radical (unpaired) electrons. The van der Waals surface area contributed by atoms with Gasteiger partial charge in [-0.05, 0) is 24.3 Å². The monoisotopic (exact) mass is 298 g/mol. The van der Waals surface area contributed by atoms with Crippen molar-refractivity contribution in [3.05, 3.63) is 35.9 Å². The Morgan fingerprint density at radius 1 is 1.35 bits per heavy atom. The van der Waals surface area contributed by atoms with Gasteiger partial charge >= 0.3 is 0 Å². The van der Waals surface area contributed by atoms with E-state index in [9.17, 15) is 8.42 Å². The molecule has 1 aliphatic heterocycles. The lowest BCUT2D eigenvalue weighted by molar-refractivity contribution is 0.259. The SMILES string of the molecule is CN(Cc1ccccc1)S(=O)(=O)N1CCC(CCO)C1. The van der Waals surface area contributed by atoms with Gasteiger partial charge < -0.3 is 5.11 Å². The molecule has 1 aromatic rings. The predicted molar refractivity (Wildman–Crippen MR) is 78.2 cm³/mol. The lowest BCUT2D eigenvalue weighted by Crippen LogP contribution is -2.40. The van der Waals surface area contributed by atoms with E-state index in [-0.39, 0.29) is 12.5 Å². The smallest absolute Gasteiger partial charge is 0.282 e. The van der Waals surface area contributed by atoms with Gasteiger partial charge in [-0.1, -0.05) is 30.3 Å². The van der Waals surface area contributed by atoms with Gasteiger partial charge in [0, 0.05) is 33.3 Å². The fourth-order valence-electron chi connectivity index (χ4n) is 2.54. The molecule has 1 saturated heterocycles. The average molecular weight is 298 g/mol. The van der Waals surface area contributed by atoms with Crippen molar-refractivity contribution in [1.29, 1.82) is 0 Å². The maximum Gasteiger partial charge on any atom is 0.282 e. The molecule has 5 nitrogen and oxygen atoms in total. The van der Waals surface area contributed by atoms with Gasteiger partial charge in [0.2, 0.25) is 0 Å². The molecule has 0 amide bonds. The first-order chi connectivity index (χ1) is 9.54. The van der Waals surface area contributed by atoms with Crippen LogP contribution in [0.2, 0.25) is 0 Å². The molecule has 0 aliphatic carbocycles. The number of aliphatic hydroxyl groups excluding tert-OH is 1. The summed E-state index contributed by atoms with van der Waals surface area (Å²) >= 11 is 0. The lowest BCUT2D eigenvalue weighted by atomic mass is 10.1. The Labute approximate surface area is 121 Å². The fourth-order valence-corrected chi connectivity index (χ4v) is 3.99. The van der Waals surface area contributed by atoms with Crippen LogP contribution in [-0.2, 0) is 16.8 Å². The van der Waals surface area contributed by atoms with Crippen molar-refractivity contribution < 1.29 is 13.5 Å². The third kappa shape index (κ3) is 3.58. The van der Waals surface area contributed by atoms with Crippen LogP contribution < -0.4 is 0 Å². The lowest BCUT2D eigenvalue weighted by Gasteiger charge is -2.24. The third-order valence-electron chi connectivity index (χ3n) is 3.75. The molecular weight excluding hydrogens is 276 g/mol. The fraction of sp³-hybridized carbons (Fsp3) is 0.571. The summed E-state index contributed by atoms with van der Waals surface area (Å²) in [5.41, 5.74) is 0.977. The Kier molecular flexibility index (Phi) is 5.15. The van der Waals surface area contributed by atoms with Gasteiger partial charge in [0.25, 0.3) is 10.2 Å². The average Bonchev–Trinajstić information content (AvgIpc) is 2.89. The first kappa shape index (κ1) is 15.4. The molecule has 0 spiro atoms. The maximum atomic E-state index is 12.5. The standard InChI is InChI=1S/C14H22N2O3S/c1-15(11-13-5-3-2-4-6-13)20(18,19)16-9-7-14(12-16)8-10-17/h2-6,14,17H,7-12H2,1H3. The third-order valence-corrected chi connectivity index (χ3v) is 5.66. The van der Waals surface area contributed by atoms with E-state index in [4.69, 9.17) is 5.11 Å². The number of benzene rings is 1. The molecule has 0 bridgehead atoms. The highest BCUT2D eigenvalue weighted by molar-refractivity contribution is 7.86. The zero-order chi connectivity index (χ0) is 14.6. The first-order valence-corrected chi connectivity index (χ1v) is 8.30. The number of nitrogens with zero attached hydrogens (tertiary/aromatic N) is 2. The molecule has 1 atom stereocenters. The summed E-state index contributed by atoms with van der Waals surface area (Å²) < 4.78 is 27.9. The van der Waals surface area contributed by atoms with Gasteiger partial charge in [0.1, 0.15) is 0 Å². The molecule has 1 aliphatic rings. The zero-order valence-electron chi connectivity index (χ0n) is 11.8. The Bertz CT molecular complexity index is 518. The molecule has 6 heteroatoms. The molecule has 1 N–H and O–H groups in total. The largest absolute Gasteiger partial charge is 0.396 e. The van der Waals surface area contributed by atoms with Crippen molar-refractivity contribution in [2.24, 2.45) is 5.92 Å². The van der Waals surface area contributed by atoms with Crippen molar-refractivity contribution in [2.45, 2.75) is 19.4 Å². The van der Waals surface area contributed by atoms with Crippen molar-refractivity contribution in [1.82, 2.24) is 8.61 Å². The van der Waals surface area contributed by atoms with E-state index in [2.05, 4.69) is 0 Å². The van der Waals surface area contributed by atoms with Crippen LogP contribution in [-0.4, -0.2) is 48.9 Å². The van der Waals surface area contributed by atoms with Crippen molar-refractivity contribution >= 4 is 10.2 Å². The van der Waals surface area contributed by atoms with Crippen LogP contribution >= 0.6 is 0 Å². The summed E-state index contributed by atoms with van der Waals surface area (Å²) in [4.78, 5) is 0. The van der Waals surface area contributed by atoms with Crippen LogP contribution in [0.15, 0.2) is 30.3 Å². The molecule has 1 heterocycles. The Morgan fingerprint density at radius 2 is 2.05 bits per heavy atom. The molecule has 112 valence electrons. The molecule has 0 aromatic heterocycles. The van der Waals surface area contributed by atoms with Crippen molar-refractivity contribution in [2.75, 3.05) is 26.7 Å². The second kappa shape index (κ2) is 6.67. The zero-order valence-corrected chi connectivity index (χ0v) is 12.6. The molecule has 1 fully saturated rings. The second-order valence-corrected chi connectivity index (χ2v) is 7.31. The van der Waals surface area contributed by atoms with Gasteiger partial charge in [-0.2, -0.15) is 17.0 Å². The van der Waals surface area contributed by atoms with Gasteiger partial charge in [-0.15, -0.1) is 0 Å². The van der Waals surface area contributed by atoms with Crippen LogP contribution in [0.3, 0.4) is 0 Å². The number of hydrogen-bond acceptors (Lipinski definition) is 3. The van der Waals surface area contributed by atoms with E-state index in [1.807, 2.05) is 30.3 Å². The van der Waals surface area contributed by atoms with E-state index in [1.165, 1.54) is 8.61 Å². The number of hydrogen-bond donors (Lipinski definition) is 1. The maximum absolute atomic E-state index is 12.5. The Balaban J connectivity index is 2.00. The highest BCUT2D eigenvalue weighted by atomic mass is 32.2. The van der Waals surface area contributed by atoms with Gasteiger partial charge in [0.15, 0.2) is 0 Å². The van der Waals surface area contributed by atoms with Gasteiger partial charge in [0.05, 0.1) is 0 Å². The molecular formula is C14H22N2O3S. The normalized spacial score (nSPS) is 20.6. The highest BCUT2D eigenvalue weighted by Crippen LogP contribution is 2.23. The van der Waals surface area contributed by atoms with E-state index in [0.717, 1.165) is 12.0 Å². The van der Waals surface area contributed by atoms with Gasteiger partial charge in [-0.3, -0.25) is 0 Å². The van der Waals surface area contributed by atoms with Crippen molar-refractivity contribution in [3.63, 3.8) is 0 Å². The predicted octanol–water partition coefficient (Wildman–Crippen LogP) is 1.07. The van der Waals surface area contributed by atoms with E-state index >= 15 is 0 Å². The minimum Gasteiger partial charge on any atom is -0.396 e. The van der Waals surface area contributed by atoms with Crippen molar-refractivity contribution in [3.8, 4) is 0 Å². The minimum absolute atomic E-state index is 0.123. The summed E-state index contributed by atoms with van der Waals surface area (Å²) in [5, 5.41) is 8.94. The summed E-state index contributed by atoms with van der Waals surface area (Å²) in [6.45, 7) is 1.57. The molecule has 2 rings (SSSR count). The first-order valence-electron chi connectivity index (χ1n) is 6.90. The van der Waals surface area contributed by atoms with Crippen LogP contribution in [0.4, 0.5) is 0 Å². The minimum atomic E-state index is -3.40. The van der Waals surface area contributed by atoms with Crippen LogP contribution in [0.25, 0.3) is 0 Å². The molecule has 1 unspecified atom stereocenters. The summed E-state index contributed by atoms with van der Waals surface area (Å²) in [5.74, 6) is 0.278. The quantitative estimate of drug-likeness (QED) is 0.854. The summed E-state index contributed by atoms with van der Waals surface area (Å²) in [6, 6.07) is 9.57. The van der Waals surface area contributed by atoms with E-state index in [1.54, 1.807) is 7.05 Å². The molecule has 20 heavy (non-hydrogen) atoms. The number of rotatable bonds is 6. The highest BCUT2D eigenvalue weighted by Gasteiger charge is 2.33.